The summed E-state index contributed by atoms with van der Waals surface area (Å²) in [5, 5.41) is 11.8. The molecule has 0 unspecified atom stereocenters. The van der Waals surface area contributed by atoms with Crippen molar-refractivity contribution in [1.29, 1.82) is 5.26 Å². The number of likely N-dealkylation sites (tertiary alicyclic amines) is 1. The highest BCUT2D eigenvalue weighted by Gasteiger charge is 2.26. The molecule has 1 heterocycles. The molecule has 1 aliphatic heterocycles. The monoisotopic (exact) mass is 235 g/mol. The number of nitrogens with zero attached hydrogens (tertiary/aromatic N) is 2. The van der Waals surface area contributed by atoms with Crippen LogP contribution in [0, 0.1) is 17.2 Å². The molecular weight excluding hydrogens is 214 g/mol. The molecule has 0 radical (unpaired) electrons. The van der Waals surface area contributed by atoms with Crippen molar-refractivity contribution in [2.45, 2.75) is 44.6 Å². The number of carbonyl (C=O) groups excluding carboxylic acids is 1. The number of piperidine rings is 1. The Morgan fingerprint density at radius 1 is 1.24 bits per heavy atom. The van der Waals surface area contributed by atoms with Gasteiger partial charge in [-0.2, -0.15) is 5.26 Å². The molecule has 0 aromatic rings. The minimum atomic E-state index is 0.265. The fourth-order valence-corrected chi connectivity index (χ4v) is 2.84. The normalized spacial score (nSPS) is 23.5. The zero-order chi connectivity index (χ0) is 12.1. The molecule has 1 amide bonds. The quantitative estimate of drug-likeness (QED) is 0.750. The first-order valence-corrected chi connectivity index (χ1v) is 6.69. The zero-order valence-electron chi connectivity index (χ0n) is 10.3. The summed E-state index contributed by atoms with van der Waals surface area (Å²) in [5.41, 5.74) is 0. The van der Waals surface area contributed by atoms with E-state index in [-0.39, 0.29) is 11.8 Å². The molecule has 0 atom stereocenters. The van der Waals surface area contributed by atoms with Gasteiger partial charge in [-0.15, -0.1) is 0 Å². The standard InChI is InChI=1S/C13H21N3O/c14-7-10-16-8-5-12(6-9-16)15-13(17)11-3-1-2-4-11/h11-12H,1-6,8-10H2,(H,15,17). The third kappa shape index (κ3) is 3.44. The van der Waals surface area contributed by atoms with E-state index in [9.17, 15) is 4.79 Å². The fourth-order valence-electron chi connectivity index (χ4n) is 2.84. The predicted molar refractivity (Wildman–Crippen MR) is 65.2 cm³/mol. The number of carbonyl (C=O) groups is 1. The van der Waals surface area contributed by atoms with E-state index in [2.05, 4.69) is 16.3 Å². The van der Waals surface area contributed by atoms with Gasteiger partial charge in [-0.05, 0) is 25.7 Å². The highest BCUT2D eigenvalue weighted by Crippen LogP contribution is 2.25. The van der Waals surface area contributed by atoms with Crippen LogP contribution in [0.15, 0.2) is 0 Å². The van der Waals surface area contributed by atoms with E-state index < -0.39 is 0 Å². The highest BCUT2D eigenvalue weighted by molar-refractivity contribution is 5.79. The van der Waals surface area contributed by atoms with Crippen LogP contribution in [0.2, 0.25) is 0 Å². The van der Waals surface area contributed by atoms with Gasteiger partial charge in [0.05, 0.1) is 12.6 Å². The Kier molecular flexibility index (Phi) is 4.38. The van der Waals surface area contributed by atoms with Gasteiger partial charge in [0.2, 0.25) is 5.91 Å². The molecule has 94 valence electrons. The maximum Gasteiger partial charge on any atom is 0.223 e. The molecule has 0 aromatic carbocycles. The summed E-state index contributed by atoms with van der Waals surface area (Å²) in [6.07, 6.45) is 6.52. The van der Waals surface area contributed by atoms with Crippen molar-refractivity contribution in [3.63, 3.8) is 0 Å². The van der Waals surface area contributed by atoms with Crippen molar-refractivity contribution in [3.8, 4) is 6.07 Å². The van der Waals surface area contributed by atoms with Gasteiger partial charge in [-0.3, -0.25) is 9.69 Å². The molecule has 17 heavy (non-hydrogen) atoms. The first kappa shape index (κ1) is 12.4. The average molecular weight is 235 g/mol. The van der Waals surface area contributed by atoms with Crippen molar-refractivity contribution in [3.05, 3.63) is 0 Å². The second kappa shape index (κ2) is 6.02. The van der Waals surface area contributed by atoms with Crippen LogP contribution >= 0.6 is 0 Å². The summed E-state index contributed by atoms with van der Waals surface area (Å²) in [6, 6.07) is 2.51. The van der Waals surface area contributed by atoms with Gasteiger partial charge in [0, 0.05) is 25.0 Å². The Hall–Kier alpha value is -1.08. The number of hydrogen-bond acceptors (Lipinski definition) is 3. The summed E-state index contributed by atoms with van der Waals surface area (Å²) < 4.78 is 0. The van der Waals surface area contributed by atoms with Crippen LogP contribution < -0.4 is 5.32 Å². The van der Waals surface area contributed by atoms with E-state index >= 15 is 0 Å². The third-order valence-corrected chi connectivity index (χ3v) is 3.95. The molecule has 0 spiro atoms. The van der Waals surface area contributed by atoms with Gasteiger partial charge in [0.15, 0.2) is 0 Å². The lowest BCUT2D eigenvalue weighted by atomic mass is 10.0. The number of hydrogen-bond donors (Lipinski definition) is 1. The molecule has 0 aromatic heterocycles. The molecule has 2 rings (SSSR count). The Morgan fingerprint density at radius 3 is 2.47 bits per heavy atom. The number of nitriles is 1. The molecule has 1 saturated carbocycles. The van der Waals surface area contributed by atoms with Gasteiger partial charge in [0.25, 0.3) is 0 Å². The molecular formula is C13H21N3O. The smallest absolute Gasteiger partial charge is 0.223 e. The van der Waals surface area contributed by atoms with Gasteiger partial charge < -0.3 is 5.32 Å². The van der Waals surface area contributed by atoms with Gasteiger partial charge in [-0.1, -0.05) is 12.8 Å². The summed E-state index contributed by atoms with van der Waals surface area (Å²) in [7, 11) is 0. The largest absolute Gasteiger partial charge is 0.353 e. The van der Waals surface area contributed by atoms with E-state index in [4.69, 9.17) is 5.26 Å². The SMILES string of the molecule is N#CCN1CCC(NC(=O)C2CCCC2)CC1. The lowest BCUT2D eigenvalue weighted by molar-refractivity contribution is -0.125. The summed E-state index contributed by atoms with van der Waals surface area (Å²) in [5.74, 6) is 0.536. The van der Waals surface area contributed by atoms with E-state index in [1.807, 2.05) is 0 Å². The van der Waals surface area contributed by atoms with Gasteiger partial charge >= 0.3 is 0 Å². The molecule has 4 nitrogen and oxygen atoms in total. The Bertz CT molecular complexity index is 296. The lowest BCUT2D eigenvalue weighted by Crippen LogP contribution is -2.46. The van der Waals surface area contributed by atoms with Crippen molar-refractivity contribution in [2.24, 2.45) is 5.92 Å². The maximum atomic E-state index is 11.9. The van der Waals surface area contributed by atoms with Gasteiger partial charge in [-0.25, -0.2) is 0 Å². The fraction of sp³-hybridized carbons (Fsp3) is 0.846. The zero-order valence-corrected chi connectivity index (χ0v) is 10.3. The van der Waals surface area contributed by atoms with Gasteiger partial charge in [0.1, 0.15) is 0 Å². The molecule has 1 saturated heterocycles. The summed E-state index contributed by atoms with van der Waals surface area (Å²) in [4.78, 5) is 14.1. The van der Waals surface area contributed by atoms with E-state index in [1.54, 1.807) is 0 Å². The Balaban J connectivity index is 1.70. The van der Waals surface area contributed by atoms with Crippen LogP contribution in [0.25, 0.3) is 0 Å². The lowest BCUT2D eigenvalue weighted by Gasteiger charge is -2.31. The molecule has 2 fully saturated rings. The third-order valence-electron chi connectivity index (χ3n) is 3.95. The van der Waals surface area contributed by atoms with Crippen molar-refractivity contribution < 1.29 is 4.79 Å². The average Bonchev–Trinajstić information content (AvgIpc) is 2.86. The van der Waals surface area contributed by atoms with Crippen molar-refractivity contribution in [1.82, 2.24) is 10.2 Å². The molecule has 2 aliphatic rings. The predicted octanol–water partition coefficient (Wildman–Crippen LogP) is 1.28. The molecule has 1 aliphatic carbocycles. The second-order valence-electron chi connectivity index (χ2n) is 5.20. The highest BCUT2D eigenvalue weighted by atomic mass is 16.1. The van der Waals surface area contributed by atoms with Crippen LogP contribution in [0.3, 0.4) is 0 Å². The van der Waals surface area contributed by atoms with E-state index in [1.165, 1.54) is 12.8 Å². The Labute approximate surface area is 103 Å². The Morgan fingerprint density at radius 2 is 1.88 bits per heavy atom. The first-order valence-electron chi connectivity index (χ1n) is 6.69. The number of rotatable bonds is 3. The second-order valence-corrected chi connectivity index (χ2v) is 5.20. The topological polar surface area (TPSA) is 56.1 Å². The van der Waals surface area contributed by atoms with E-state index in [0.717, 1.165) is 38.8 Å². The van der Waals surface area contributed by atoms with Crippen LogP contribution in [0.5, 0.6) is 0 Å². The van der Waals surface area contributed by atoms with Crippen LogP contribution in [-0.2, 0) is 4.79 Å². The van der Waals surface area contributed by atoms with E-state index in [0.29, 0.717) is 12.6 Å². The van der Waals surface area contributed by atoms with Crippen molar-refractivity contribution >= 4 is 5.91 Å². The van der Waals surface area contributed by atoms with Crippen LogP contribution in [-0.4, -0.2) is 36.5 Å². The summed E-state index contributed by atoms with van der Waals surface area (Å²) in [6.45, 7) is 2.38. The van der Waals surface area contributed by atoms with Crippen LogP contribution in [0.1, 0.15) is 38.5 Å². The number of amides is 1. The molecule has 4 heteroatoms. The van der Waals surface area contributed by atoms with Crippen LogP contribution in [0.4, 0.5) is 0 Å². The first-order chi connectivity index (χ1) is 8.29. The number of nitrogens with one attached hydrogen (secondary N) is 1. The minimum absolute atomic E-state index is 0.265. The molecule has 0 bridgehead atoms. The maximum absolute atomic E-state index is 11.9. The minimum Gasteiger partial charge on any atom is -0.353 e. The molecule has 1 N–H and O–H groups in total. The van der Waals surface area contributed by atoms with Crippen molar-refractivity contribution in [2.75, 3.05) is 19.6 Å². The summed E-state index contributed by atoms with van der Waals surface area (Å²) >= 11 is 0.